The average Bonchev–Trinajstić information content (AvgIpc) is 2.39. The zero-order valence-electron chi connectivity index (χ0n) is 10.7. The molecule has 0 fully saturated rings. The van der Waals surface area contributed by atoms with E-state index < -0.39 is 0 Å². The van der Waals surface area contributed by atoms with Gasteiger partial charge >= 0.3 is 12.0 Å². The van der Waals surface area contributed by atoms with Gasteiger partial charge in [0, 0.05) is 19.3 Å². The SMILES string of the molecule is CCN(/C=C/c1nc(OC)nc(OC)n1)CC. The van der Waals surface area contributed by atoms with Crippen molar-refractivity contribution in [1.29, 1.82) is 0 Å². The molecule has 0 saturated carbocycles. The van der Waals surface area contributed by atoms with Crippen molar-refractivity contribution in [2.24, 2.45) is 0 Å². The second-order valence-corrected chi connectivity index (χ2v) is 3.20. The van der Waals surface area contributed by atoms with Gasteiger partial charge in [-0.15, -0.1) is 4.98 Å². The molecular weight excluding hydrogens is 220 g/mol. The number of hydrogen-bond donors (Lipinski definition) is 0. The van der Waals surface area contributed by atoms with Gasteiger partial charge in [0.2, 0.25) is 0 Å². The molecule has 1 aromatic rings. The quantitative estimate of drug-likeness (QED) is 0.742. The van der Waals surface area contributed by atoms with Gasteiger partial charge in [-0.3, -0.25) is 0 Å². The molecule has 0 unspecified atom stereocenters. The summed E-state index contributed by atoms with van der Waals surface area (Å²) in [5.41, 5.74) is 0. The Hall–Kier alpha value is -1.85. The van der Waals surface area contributed by atoms with E-state index in [0.717, 1.165) is 13.1 Å². The lowest BCUT2D eigenvalue weighted by molar-refractivity contribution is 0.339. The smallest absolute Gasteiger partial charge is 0.322 e. The minimum Gasteiger partial charge on any atom is -0.467 e. The number of nitrogens with zero attached hydrogens (tertiary/aromatic N) is 4. The van der Waals surface area contributed by atoms with E-state index in [1.54, 1.807) is 6.08 Å². The Balaban J connectivity index is 2.89. The fourth-order valence-electron chi connectivity index (χ4n) is 1.22. The number of aromatic nitrogens is 3. The van der Waals surface area contributed by atoms with Crippen LogP contribution in [0.5, 0.6) is 12.0 Å². The molecule has 0 aliphatic rings. The van der Waals surface area contributed by atoms with E-state index in [0.29, 0.717) is 5.82 Å². The predicted molar refractivity (Wildman–Crippen MR) is 64.9 cm³/mol. The van der Waals surface area contributed by atoms with Crippen LogP contribution in [0.25, 0.3) is 6.08 Å². The Morgan fingerprint density at radius 3 is 1.94 bits per heavy atom. The molecule has 1 aromatic heterocycles. The van der Waals surface area contributed by atoms with Gasteiger partial charge < -0.3 is 14.4 Å². The number of hydrogen-bond acceptors (Lipinski definition) is 6. The molecule has 0 atom stereocenters. The molecule has 17 heavy (non-hydrogen) atoms. The standard InChI is InChI=1S/C11H18N4O2/c1-5-15(6-2)8-7-9-12-10(16-3)14-11(13-9)17-4/h7-8H,5-6H2,1-4H3/b8-7+. The number of rotatable bonds is 6. The second kappa shape index (κ2) is 6.67. The minimum atomic E-state index is 0.246. The molecule has 0 aliphatic heterocycles. The first-order valence-corrected chi connectivity index (χ1v) is 5.49. The normalized spacial score (nSPS) is 10.6. The zero-order chi connectivity index (χ0) is 12.7. The Morgan fingerprint density at radius 1 is 1.00 bits per heavy atom. The molecule has 0 aliphatic carbocycles. The monoisotopic (exact) mass is 238 g/mol. The van der Waals surface area contributed by atoms with Crippen LogP contribution in [0.15, 0.2) is 6.20 Å². The van der Waals surface area contributed by atoms with Crippen LogP contribution >= 0.6 is 0 Å². The molecule has 0 bridgehead atoms. The molecule has 0 N–H and O–H groups in total. The summed E-state index contributed by atoms with van der Waals surface area (Å²) < 4.78 is 9.93. The lowest BCUT2D eigenvalue weighted by Gasteiger charge is -2.14. The van der Waals surface area contributed by atoms with Crippen molar-refractivity contribution >= 4 is 6.08 Å². The van der Waals surface area contributed by atoms with E-state index in [9.17, 15) is 0 Å². The number of methoxy groups -OCH3 is 2. The third-order valence-corrected chi connectivity index (χ3v) is 2.22. The lowest BCUT2D eigenvalue weighted by Crippen LogP contribution is -2.15. The van der Waals surface area contributed by atoms with Gasteiger partial charge in [0.15, 0.2) is 5.82 Å². The molecule has 0 saturated heterocycles. The zero-order valence-corrected chi connectivity index (χ0v) is 10.7. The third kappa shape index (κ3) is 3.90. The summed E-state index contributed by atoms with van der Waals surface area (Å²) in [7, 11) is 3.01. The average molecular weight is 238 g/mol. The van der Waals surface area contributed by atoms with Crippen LogP contribution < -0.4 is 9.47 Å². The summed E-state index contributed by atoms with van der Waals surface area (Å²) in [6, 6.07) is 0.493. The van der Waals surface area contributed by atoms with Gasteiger partial charge in [-0.25, -0.2) is 0 Å². The van der Waals surface area contributed by atoms with Crippen molar-refractivity contribution in [3.63, 3.8) is 0 Å². The summed E-state index contributed by atoms with van der Waals surface area (Å²) in [6.45, 7) is 6.05. The van der Waals surface area contributed by atoms with Crippen molar-refractivity contribution in [1.82, 2.24) is 19.9 Å². The van der Waals surface area contributed by atoms with Gasteiger partial charge in [-0.1, -0.05) is 0 Å². The van der Waals surface area contributed by atoms with Gasteiger partial charge in [-0.05, 0) is 19.9 Å². The van der Waals surface area contributed by atoms with Crippen LogP contribution in [0.3, 0.4) is 0 Å². The van der Waals surface area contributed by atoms with E-state index in [2.05, 4.69) is 33.7 Å². The van der Waals surface area contributed by atoms with Crippen LogP contribution in [-0.2, 0) is 0 Å². The highest BCUT2D eigenvalue weighted by Crippen LogP contribution is 2.09. The molecule has 0 aromatic carbocycles. The van der Waals surface area contributed by atoms with Crippen LogP contribution in [0.4, 0.5) is 0 Å². The molecule has 6 nitrogen and oxygen atoms in total. The first-order chi connectivity index (χ1) is 8.23. The van der Waals surface area contributed by atoms with Crippen LogP contribution in [0, 0.1) is 0 Å². The predicted octanol–water partition coefficient (Wildman–Crippen LogP) is 1.20. The Kier molecular flexibility index (Phi) is 5.19. The van der Waals surface area contributed by atoms with Crippen molar-refractivity contribution in [2.75, 3.05) is 27.3 Å². The topological polar surface area (TPSA) is 60.4 Å². The first kappa shape index (κ1) is 13.2. The molecule has 94 valence electrons. The van der Waals surface area contributed by atoms with Crippen molar-refractivity contribution < 1.29 is 9.47 Å². The first-order valence-electron chi connectivity index (χ1n) is 5.49. The maximum Gasteiger partial charge on any atom is 0.322 e. The summed E-state index contributed by atoms with van der Waals surface area (Å²) >= 11 is 0. The lowest BCUT2D eigenvalue weighted by atomic mass is 10.5. The molecule has 0 radical (unpaired) electrons. The highest BCUT2D eigenvalue weighted by molar-refractivity contribution is 5.39. The Labute approximate surface area is 101 Å². The second-order valence-electron chi connectivity index (χ2n) is 3.20. The van der Waals surface area contributed by atoms with Gasteiger partial charge in [0.1, 0.15) is 0 Å². The fourth-order valence-corrected chi connectivity index (χ4v) is 1.22. The maximum absolute atomic E-state index is 4.97. The molecular formula is C11H18N4O2. The molecule has 1 rings (SSSR count). The maximum atomic E-state index is 4.97. The third-order valence-electron chi connectivity index (χ3n) is 2.22. The molecule has 0 spiro atoms. The van der Waals surface area contributed by atoms with Crippen LogP contribution in [0.2, 0.25) is 0 Å². The van der Waals surface area contributed by atoms with Crippen molar-refractivity contribution in [3.8, 4) is 12.0 Å². The Bertz CT molecular complexity index is 355. The van der Waals surface area contributed by atoms with Crippen LogP contribution in [0.1, 0.15) is 19.7 Å². The van der Waals surface area contributed by atoms with Gasteiger partial charge in [-0.2, -0.15) is 9.97 Å². The molecule has 1 heterocycles. The fraction of sp³-hybridized carbons (Fsp3) is 0.545. The summed E-state index contributed by atoms with van der Waals surface area (Å²) in [4.78, 5) is 14.3. The van der Waals surface area contributed by atoms with E-state index in [4.69, 9.17) is 9.47 Å². The Morgan fingerprint density at radius 2 is 1.53 bits per heavy atom. The van der Waals surface area contributed by atoms with E-state index in [1.165, 1.54) is 14.2 Å². The summed E-state index contributed by atoms with van der Waals surface area (Å²) in [6.07, 6.45) is 3.74. The highest BCUT2D eigenvalue weighted by Gasteiger charge is 2.04. The van der Waals surface area contributed by atoms with Crippen LogP contribution in [-0.4, -0.2) is 47.2 Å². The van der Waals surface area contributed by atoms with Crippen molar-refractivity contribution in [2.45, 2.75) is 13.8 Å². The largest absolute Gasteiger partial charge is 0.467 e. The highest BCUT2D eigenvalue weighted by atomic mass is 16.5. The molecule has 6 heteroatoms. The summed E-state index contributed by atoms with van der Waals surface area (Å²) in [5, 5.41) is 0. The molecule has 0 amide bonds. The van der Waals surface area contributed by atoms with Gasteiger partial charge in [0.05, 0.1) is 14.2 Å². The van der Waals surface area contributed by atoms with E-state index in [-0.39, 0.29) is 12.0 Å². The minimum absolute atomic E-state index is 0.246. The summed E-state index contributed by atoms with van der Waals surface area (Å²) in [5.74, 6) is 0.514. The van der Waals surface area contributed by atoms with Crippen molar-refractivity contribution in [3.05, 3.63) is 12.0 Å². The van der Waals surface area contributed by atoms with Gasteiger partial charge in [0.25, 0.3) is 0 Å². The number of ether oxygens (including phenoxy) is 2. The van der Waals surface area contributed by atoms with E-state index in [1.807, 2.05) is 6.20 Å². The van der Waals surface area contributed by atoms with E-state index >= 15 is 0 Å².